The molecule has 1 N–H and O–H groups in total. The van der Waals surface area contributed by atoms with Crippen LogP contribution in [0.4, 0.5) is 4.79 Å². The first-order valence-corrected chi connectivity index (χ1v) is 9.13. The minimum Gasteiger partial charge on any atom is -0.444 e. The van der Waals surface area contributed by atoms with Crippen LogP contribution in [0.1, 0.15) is 66.7 Å². The van der Waals surface area contributed by atoms with E-state index in [1.807, 2.05) is 81.5 Å². The van der Waals surface area contributed by atoms with E-state index < -0.39 is 11.7 Å². The number of rotatable bonds is 3. The summed E-state index contributed by atoms with van der Waals surface area (Å²) in [6.45, 7) is 7.08. The Labute approximate surface area is 160 Å². The zero-order chi connectivity index (χ0) is 19.6. The number of Topliss-reactive ketones (excluding diaryl/α,β-unsaturated/α-hetero) is 1. The molecule has 2 atom stereocenters. The maximum atomic E-state index is 12.5. The van der Waals surface area contributed by atoms with Gasteiger partial charge in [0.1, 0.15) is 5.60 Å². The van der Waals surface area contributed by atoms with Gasteiger partial charge in [0.25, 0.3) is 0 Å². The third-order valence-electron chi connectivity index (χ3n) is 4.54. The second-order valence-corrected chi connectivity index (χ2v) is 7.78. The highest BCUT2D eigenvalue weighted by molar-refractivity contribution is 5.96. The number of carbonyl (C=O) groups excluding carboxylic acids is 2. The molecule has 4 nitrogen and oxygen atoms in total. The minimum absolute atomic E-state index is 0.00822. The Balaban J connectivity index is 2.03. The van der Waals surface area contributed by atoms with E-state index in [1.54, 1.807) is 6.92 Å². The molecule has 0 bridgehead atoms. The monoisotopic (exact) mass is 363 g/mol. The molecule has 140 valence electrons. The predicted molar refractivity (Wildman–Crippen MR) is 107 cm³/mol. The van der Waals surface area contributed by atoms with Crippen LogP contribution in [0.15, 0.2) is 54.6 Å². The molecule has 2 aromatic carbocycles. The molecule has 0 heterocycles. The first-order chi connectivity index (χ1) is 12.8. The predicted octanol–water partition coefficient (Wildman–Crippen LogP) is 5.27. The molecule has 0 radical (unpaired) electrons. The van der Waals surface area contributed by atoms with Gasteiger partial charge in [-0.05, 0) is 44.4 Å². The fraction of sp³-hybridized carbons (Fsp3) is 0.304. The van der Waals surface area contributed by atoms with E-state index in [4.69, 9.17) is 4.74 Å². The van der Waals surface area contributed by atoms with E-state index in [0.717, 1.165) is 16.7 Å². The number of hydrogen-bond acceptors (Lipinski definition) is 3. The lowest BCUT2D eigenvalue weighted by atomic mass is 9.79. The minimum atomic E-state index is -0.582. The lowest BCUT2D eigenvalue weighted by Crippen LogP contribution is -2.38. The van der Waals surface area contributed by atoms with Crippen LogP contribution in [-0.2, 0) is 4.74 Å². The summed E-state index contributed by atoms with van der Waals surface area (Å²) in [6.07, 6.45) is 3.62. The Hall–Kier alpha value is -2.88. The van der Waals surface area contributed by atoms with E-state index in [9.17, 15) is 9.59 Å². The van der Waals surface area contributed by atoms with Gasteiger partial charge in [-0.15, -0.1) is 0 Å². The van der Waals surface area contributed by atoms with Crippen molar-refractivity contribution in [2.75, 3.05) is 0 Å². The number of benzene rings is 2. The van der Waals surface area contributed by atoms with E-state index in [1.165, 1.54) is 0 Å². The molecule has 1 aliphatic carbocycles. The van der Waals surface area contributed by atoms with Crippen molar-refractivity contribution in [3.63, 3.8) is 0 Å². The van der Waals surface area contributed by atoms with Crippen LogP contribution in [0.3, 0.4) is 0 Å². The van der Waals surface area contributed by atoms with Gasteiger partial charge in [-0.1, -0.05) is 60.7 Å². The first kappa shape index (κ1) is 18.9. The van der Waals surface area contributed by atoms with Gasteiger partial charge in [-0.25, -0.2) is 4.79 Å². The van der Waals surface area contributed by atoms with E-state index >= 15 is 0 Å². The van der Waals surface area contributed by atoms with Crippen LogP contribution in [0, 0.1) is 0 Å². The molecule has 4 heteroatoms. The maximum absolute atomic E-state index is 12.5. The number of fused-ring (bicyclic) bond motifs is 1. The van der Waals surface area contributed by atoms with Crippen LogP contribution < -0.4 is 5.32 Å². The molecule has 0 saturated carbocycles. The summed E-state index contributed by atoms with van der Waals surface area (Å²) < 4.78 is 5.48. The van der Waals surface area contributed by atoms with E-state index in [-0.39, 0.29) is 17.7 Å². The van der Waals surface area contributed by atoms with Gasteiger partial charge in [0, 0.05) is 11.5 Å². The van der Waals surface area contributed by atoms with Crippen molar-refractivity contribution in [3.8, 4) is 0 Å². The highest BCUT2D eigenvalue weighted by Crippen LogP contribution is 2.40. The van der Waals surface area contributed by atoms with Gasteiger partial charge in [-0.2, -0.15) is 0 Å². The molecule has 3 rings (SSSR count). The van der Waals surface area contributed by atoms with Crippen LogP contribution in [0.25, 0.3) is 6.08 Å². The summed E-state index contributed by atoms with van der Waals surface area (Å²) in [6, 6.07) is 15.2. The number of carbonyl (C=O) groups is 2. The van der Waals surface area contributed by atoms with E-state index in [0.29, 0.717) is 5.56 Å². The quantitative estimate of drug-likeness (QED) is 0.756. The summed E-state index contributed by atoms with van der Waals surface area (Å²) >= 11 is 0. The van der Waals surface area contributed by atoms with Crippen LogP contribution in [0.2, 0.25) is 0 Å². The Kier molecular flexibility index (Phi) is 5.17. The lowest BCUT2D eigenvalue weighted by Gasteiger charge is -2.32. The number of hydrogen-bond donors (Lipinski definition) is 1. The second-order valence-electron chi connectivity index (χ2n) is 7.78. The Morgan fingerprint density at radius 1 is 0.963 bits per heavy atom. The average molecular weight is 363 g/mol. The van der Waals surface area contributed by atoms with Gasteiger partial charge < -0.3 is 10.1 Å². The van der Waals surface area contributed by atoms with E-state index in [2.05, 4.69) is 5.32 Å². The normalized spacial score (nSPS) is 18.5. The first-order valence-electron chi connectivity index (χ1n) is 9.13. The van der Waals surface area contributed by atoms with Crippen molar-refractivity contribution in [2.45, 2.75) is 45.3 Å². The van der Waals surface area contributed by atoms with Gasteiger partial charge >= 0.3 is 6.09 Å². The van der Waals surface area contributed by atoms with Gasteiger partial charge in [0.05, 0.1) is 6.04 Å². The largest absolute Gasteiger partial charge is 0.444 e. The number of amides is 1. The number of ether oxygens (including phenoxy) is 1. The van der Waals surface area contributed by atoms with Crippen LogP contribution >= 0.6 is 0 Å². The molecular weight excluding hydrogens is 338 g/mol. The fourth-order valence-electron chi connectivity index (χ4n) is 3.45. The zero-order valence-corrected chi connectivity index (χ0v) is 16.2. The van der Waals surface area contributed by atoms with Crippen molar-refractivity contribution < 1.29 is 14.3 Å². The third-order valence-corrected chi connectivity index (χ3v) is 4.54. The van der Waals surface area contributed by atoms with Crippen molar-refractivity contribution in [1.29, 1.82) is 0 Å². The highest BCUT2D eigenvalue weighted by Gasteiger charge is 2.32. The molecule has 27 heavy (non-hydrogen) atoms. The summed E-state index contributed by atoms with van der Waals surface area (Å²) in [5.41, 5.74) is 3.05. The van der Waals surface area contributed by atoms with Crippen LogP contribution in [-0.4, -0.2) is 17.5 Å². The maximum Gasteiger partial charge on any atom is 0.408 e. The summed E-state index contributed by atoms with van der Waals surface area (Å²) in [5, 5.41) is 3.02. The Morgan fingerprint density at radius 3 is 2.26 bits per heavy atom. The molecule has 0 aromatic heterocycles. The summed E-state index contributed by atoms with van der Waals surface area (Å²) in [5.74, 6) is -0.151. The smallest absolute Gasteiger partial charge is 0.408 e. The fourth-order valence-corrected chi connectivity index (χ4v) is 3.45. The third kappa shape index (κ3) is 4.27. The summed E-state index contributed by atoms with van der Waals surface area (Å²) in [4.78, 5) is 24.6. The molecule has 0 fully saturated rings. The molecule has 1 unspecified atom stereocenters. The van der Waals surface area contributed by atoms with Crippen molar-refractivity contribution >= 4 is 18.0 Å². The van der Waals surface area contributed by atoms with Crippen molar-refractivity contribution in [2.24, 2.45) is 0 Å². The number of ketones is 1. The topological polar surface area (TPSA) is 55.4 Å². The zero-order valence-electron chi connectivity index (χ0n) is 16.2. The van der Waals surface area contributed by atoms with Gasteiger partial charge in [0.15, 0.2) is 5.78 Å². The standard InChI is InChI=1S/C23H25NO3/c1-15(25)17-10-7-8-12-19(17)20-14-13-16-9-5-6-11-18(16)21(20)24-22(26)27-23(2,3)4/h5-14,20-21H,1-4H3,(H,24,26)/t20?,21-/m1/s1. The average Bonchev–Trinajstić information content (AvgIpc) is 2.60. The highest BCUT2D eigenvalue weighted by atomic mass is 16.6. The van der Waals surface area contributed by atoms with Crippen LogP contribution in [0.5, 0.6) is 0 Å². The molecule has 1 aliphatic rings. The molecule has 1 amide bonds. The molecule has 2 aromatic rings. The second kappa shape index (κ2) is 7.39. The number of alkyl carbamates (subject to hydrolysis) is 1. The Bertz CT molecular complexity index is 892. The SMILES string of the molecule is CC(=O)c1ccccc1C1C=Cc2ccccc2[C@H]1NC(=O)OC(C)(C)C. The summed E-state index contributed by atoms with van der Waals surface area (Å²) in [7, 11) is 0. The molecule has 0 spiro atoms. The van der Waals surface area contributed by atoms with Gasteiger partial charge in [-0.3, -0.25) is 4.79 Å². The van der Waals surface area contributed by atoms with Crippen molar-refractivity contribution in [3.05, 3.63) is 76.9 Å². The van der Waals surface area contributed by atoms with Crippen molar-refractivity contribution in [1.82, 2.24) is 5.32 Å². The lowest BCUT2D eigenvalue weighted by molar-refractivity contribution is 0.0499. The van der Waals surface area contributed by atoms with Gasteiger partial charge in [0.2, 0.25) is 0 Å². The Morgan fingerprint density at radius 2 is 1.59 bits per heavy atom. The number of nitrogens with one attached hydrogen (secondary N) is 1. The molecular formula is C23H25NO3. The molecule has 0 saturated heterocycles. The molecule has 0 aliphatic heterocycles.